The van der Waals surface area contributed by atoms with E-state index in [2.05, 4.69) is 104 Å². The zero-order valence-corrected chi connectivity index (χ0v) is 19.8. The second-order valence-corrected chi connectivity index (χ2v) is 10.00. The maximum Gasteiger partial charge on any atom is 0.0161 e. The molecule has 154 valence electrons. The lowest BCUT2D eigenvalue weighted by atomic mass is 9.76. The Hall–Kier alpha value is -2.60. The number of rotatable bonds is 3. The molecule has 2 aliphatic rings. The van der Waals surface area contributed by atoms with Gasteiger partial charge in [0.2, 0.25) is 0 Å². The number of hydrogen-bond donors (Lipinski definition) is 0. The zero-order valence-electron chi connectivity index (χ0n) is 19.8. The van der Waals surface area contributed by atoms with Crippen LogP contribution in [0.4, 0.5) is 0 Å². The van der Waals surface area contributed by atoms with Crippen molar-refractivity contribution >= 4 is 11.1 Å². The molecule has 2 aromatic carbocycles. The molecule has 0 nitrogen and oxygen atoms in total. The molecule has 4 rings (SSSR count). The van der Waals surface area contributed by atoms with Gasteiger partial charge in [-0.15, -0.1) is 0 Å². The molecule has 0 N–H and O–H groups in total. The van der Waals surface area contributed by atoms with Gasteiger partial charge in [0.15, 0.2) is 0 Å². The van der Waals surface area contributed by atoms with E-state index in [4.69, 9.17) is 0 Å². The SMILES string of the molecule is C=C/C=C(\C)c1cc2c(cc1C)C(C)(C)c1ccc3c(c1-2)C(C)(C)C(/C=C\C)=C3C. The van der Waals surface area contributed by atoms with Crippen molar-refractivity contribution in [2.45, 2.75) is 66.2 Å². The molecule has 2 aliphatic carbocycles. The second-order valence-electron chi connectivity index (χ2n) is 10.00. The Kier molecular flexibility index (Phi) is 4.62. The molecule has 30 heavy (non-hydrogen) atoms. The van der Waals surface area contributed by atoms with Gasteiger partial charge in [0.25, 0.3) is 0 Å². The molecule has 0 unspecified atom stereocenters. The van der Waals surface area contributed by atoms with E-state index in [1.165, 1.54) is 61.2 Å². The normalized spacial score (nSPS) is 18.6. The molecule has 0 amide bonds. The summed E-state index contributed by atoms with van der Waals surface area (Å²) in [5, 5.41) is 0. The minimum Gasteiger partial charge on any atom is -0.0991 e. The van der Waals surface area contributed by atoms with Crippen LogP contribution in [0, 0.1) is 6.92 Å². The molecule has 0 aliphatic heterocycles. The highest BCUT2D eigenvalue weighted by atomic mass is 14.5. The van der Waals surface area contributed by atoms with Crippen molar-refractivity contribution in [2.24, 2.45) is 0 Å². The first-order chi connectivity index (χ1) is 14.1. The minimum absolute atomic E-state index is 0.00633. The van der Waals surface area contributed by atoms with Crippen molar-refractivity contribution in [3.63, 3.8) is 0 Å². The summed E-state index contributed by atoms with van der Waals surface area (Å²) in [5.41, 5.74) is 15.5. The summed E-state index contributed by atoms with van der Waals surface area (Å²) in [5.74, 6) is 0. The van der Waals surface area contributed by atoms with Crippen LogP contribution in [0.25, 0.3) is 22.3 Å². The summed E-state index contributed by atoms with van der Waals surface area (Å²) in [4.78, 5) is 0. The van der Waals surface area contributed by atoms with Crippen LogP contribution in [0.5, 0.6) is 0 Å². The summed E-state index contributed by atoms with van der Waals surface area (Å²) in [7, 11) is 0. The first-order valence-corrected chi connectivity index (χ1v) is 11.0. The van der Waals surface area contributed by atoms with E-state index >= 15 is 0 Å². The molecular formula is C30H34. The van der Waals surface area contributed by atoms with E-state index in [0.717, 1.165) is 0 Å². The summed E-state index contributed by atoms with van der Waals surface area (Å²) in [6, 6.07) is 9.61. The van der Waals surface area contributed by atoms with Crippen LogP contribution in [0.1, 0.15) is 81.8 Å². The van der Waals surface area contributed by atoms with Gasteiger partial charge in [-0.25, -0.2) is 0 Å². The standard InChI is InChI=1S/C30H34/c1-10-12-18(3)22-17-23-26(16-19(22)4)29(6,7)25-15-14-21-20(5)24(13-11-2)30(8,9)28(21)27(23)25/h10-17H,1H2,2-9H3/b13-11-,18-12+. The minimum atomic E-state index is -0.00793. The Labute approximate surface area is 182 Å². The van der Waals surface area contributed by atoms with Crippen LogP contribution >= 0.6 is 0 Å². The van der Waals surface area contributed by atoms with E-state index in [9.17, 15) is 0 Å². The highest BCUT2D eigenvalue weighted by Crippen LogP contribution is 2.58. The third kappa shape index (κ3) is 2.59. The Morgan fingerprint density at radius 2 is 1.63 bits per heavy atom. The van der Waals surface area contributed by atoms with Crippen molar-refractivity contribution in [2.75, 3.05) is 0 Å². The molecule has 0 heteroatoms. The number of aryl methyl sites for hydroxylation is 1. The lowest BCUT2D eigenvalue weighted by Crippen LogP contribution is -2.19. The van der Waals surface area contributed by atoms with Crippen molar-refractivity contribution in [3.05, 3.63) is 94.1 Å². The van der Waals surface area contributed by atoms with Crippen LogP contribution in [0.3, 0.4) is 0 Å². The van der Waals surface area contributed by atoms with E-state index in [1.54, 1.807) is 0 Å². The number of allylic oxidation sites excluding steroid dienone is 7. The maximum absolute atomic E-state index is 3.90. The number of benzene rings is 2. The molecule has 0 saturated carbocycles. The smallest absolute Gasteiger partial charge is 0.0161 e. The van der Waals surface area contributed by atoms with Gasteiger partial charge in [-0.2, -0.15) is 0 Å². The molecule has 0 spiro atoms. The average Bonchev–Trinajstić information content (AvgIpc) is 3.02. The van der Waals surface area contributed by atoms with Crippen LogP contribution in [-0.4, -0.2) is 0 Å². The fraction of sp³-hybridized carbons (Fsp3) is 0.333. The topological polar surface area (TPSA) is 0 Å². The van der Waals surface area contributed by atoms with Crippen molar-refractivity contribution in [1.29, 1.82) is 0 Å². The molecule has 0 atom stereocenters. The van der Waals surface area contributed by atoms with Crippen molar-refractivity contribution in [3.8, 4) is 11.1 Å². The van der Waals surface area contributed by atoms with Crippen molar-refractivity contribution < 1.29 is 0 Å². The predicted octanol–water partition coefficient (Wildman–Crippen LogP) is 8.53. The largest absolute Gasteiger partial charge is 0.0991 e. The molecular weight excluding hydrogens is 360 g/mol. The van der Waals surface area contributed by atoms with Gasteiger partial charge in [-0.3, -0.25) is 0 Å². The van der Waals surface area contributed by atoms with Crippen molar-refractivity contribution in [1.82, 2.24) is 0 Å². The highest BCUT2D eigenvalue weighted by molar-refractivity contribution is 5.94. The van der Waals surface area contributed by atoms with Gasteiger partial charge < -0.3 is 0 Å². The summed E-state index contributed by atoms with van der Waals surface area (Å²) >= 11 is 0. The Balaban J connectivity index is 2.09. The first kappa shape index (κ1) is 20.7. The summed E-state index contributed by atoms with van der Waals surface area (Å²) < 4.78 is 0. The van der Waals surface area contributed by atoms with Crippen LogP contribution in [-0.2, 0) is 10.8 Å². The van der Waals surface area contributed by atoms with E-state index < -0.39 is 0 Å². The first-order valence-electron chi connectivity index (χ1n) is 11.0. The Morgan fingerprint density at radius 1 is 0.933 bits per heavy atom. The molecule has 0 aromatic heterocycles. The van der Waals surface area contributed by atoms with Crippen LogP contribution < -0.4 is 0 Å². The van der Waals surface area contributed by atoms with Crippen LogP contribution in [0.2, 0.25) is 0 Å². The lowest BCUT2D eigenvalue weighted by Gasteiger charge is -2.27. The average molecular weight is 395 g/mol. The van der Waals surface area contributed by atoms with Gasteiger partial charge >= 0.3 is 0 Å². The van der Waals surface area contributed by atoms with E-state index in [1.807, 2.05) is 6.08 Å². The number of fused-ring (bicyclic) bond motifs is 5. The Morgan fingerprint density at radius 3 is 2.27 bits per heavy atom. The molecule has 0 fully saturated rings. The van der Waals surface area contributed by atoms with Gasteiger partial charge in [0.1, 0.15) is 0 Å². The predicted molar refractivity (Wildman–Crippen MR) is 133 cm³/mol. The van der Waals surface area contributed by atoms with Gasteiger partial charge in [-0.05, 0) is 95.0 Å². The highest BCUT2D eigenvalue weighted by Gasteiger charge is 2.44. The summed E-state index contributed by atoms with van der Waals surface area (Å²) in [6.07, 6.45) is 8.48. The van der Waals surface area contributed by atoms with Gasteiger partial charge in [0, 0.05) is 10.8 Å². The fourth-order valence-corrected chi connectivity index (χ4v) is 5.88. The third-order valence-electron chi connectivity index (χ3n) is 7.42. The van der Waals surface area contributed by atoms with Gasteiger partial charge in [-0.1, -0.05) is 76.8 Å². The van der Waals surface area contributed by atoms with Gasteiger partial charge in [0.05, 0.1) is 0 Å². The number of hydrogen-bond acceptors (Lipinski definition) is 0. The zero-order chi connectivity index (χ0) is 22.0. The fourth-order valence-electron chi connectivity index (χ4n) is 5.88. The quantitative estimate of drug-likeness (QED) is 0.458. The second kappa shape index (κ2) is 6.71. The maximum atomic E-state index is 3.90. The van der Waals surface area contributed by atoms with E-state index in [0.29, 0.717) is 0 Å². The molecule has 0 heterocycles. The Bertz CT molecular complexity index is 1170. The monoisotopic (exact) mass is 394 g/mol. The third-order valence-corrected chi connectivity index (χ3v) is 7.42. The molecule has 2 aromatic rings. The molecule has 0 radical (unpaired) electrons. The molecule has 0 bridgehead atoms. The molecule has 0 saturated heterocycles. The van der Waals surface area contributed by atoms with Crippen LogP contribution in [0.15, 0.2) is 60.7 Å². The lowest BCUT2D eigenvalue weighted by molar-refractivity contribution is 0.643. The summed E-state index contributed by atoms with van der Waals surface area (Å²) in [6.45, 7) is 22.3. The van der Waals surface area contributed by atoms with E-state index in [-0.39, 0.29) is 10.8 Å².